The van der Waals surface area contributed by atoms with Crippen LogP contribution in [0.25, 0.3) is 99.3 Å². The van der Waals surface area contributed by atoms with Crippen molar-refractivity contribution in [3.63, 3.8) is 0 Å². The van der Waals surface area contributed by atoms with Gasteiger partial charge in [0.25, 0.3) is 0 Å². The number of para-hydroxylation sites is 3. The predicted molar refractivity (Wildman–Crippen MR) is 188 cm³/mol. The fourth-order valence-electron chi connectivity index (χ4n) is 6.87. The van der Waals surface area contributed by atoms with Crippen LogP contribution in [-0.2, 0) is 0 Å². The molecule has 0 amide bonds. The van der Waals surface area contributed by atoms with E-state index in [2.05, 4.69) is 97.1 Å². The molecule has 0 N–H and O–H groups in total. The second-order valence-corrected chi connectivity index (χ2v) is 11.8. The van der Waals surface area contributed by atoms with Crippen molar-refractivity contribution in [2.24, 2.45) is 0 Å². The summed E-state index contributed by atoms with van der Waals surface area (Å²) in [7, 11) is 0. The Balaban J connectivity index is 1.23. The van der Waals surface area contributed by atoms with Gasteiger partial charge in [0, 0.05) is 38.1 Å². The van der Waals surface area contributed by atoms with Crippen molar-refractivity contribution >= 4 is 65.6 Å². The number of benzene rings is 7. The quantitative estimate of drug-likeness (QED) is 0.206. The van der Waals surface area contributed by atoms with Crippen molar-refractivity contribution in [3.8, 4) is 33.8 Å². The maximum absolute atomic E-state index is 6.48. The summed E-state index contributed by atoms with van der Waals surface area (Å²) in [6.45, 7) is 0. The zero-order valence-corrected chi connectivity index (χ0v) is 24.6. The van der Waals surface area contributed by atoms with Gasteiger partial charge in [0.05, 0.1) is 11.2 Å². The largest absolute Gasteiger partial charge is 0.456 e. The molecule has 0 aliphatic rings. The van der Waals surface area contributed by atoms with E-state index in [1.165, 1.54) is 10.8 Å². The van der Waals surface area contributed by atoms with E-state index in [-0.39, 0.29) is 0 Å². The maximum Gasteiger partial charge on any atom is 0.160 e. The monoisotopic (exact) mass is 588 g/mol. The summed E-state index contributed by atoms with van der Waals surface area (Å²) in [4.78, 5) is 10.4. The summed E-state index contributed by atoms with van der Waals surface area (Å²) in [6.07, 6.45) is 0. The fourth-order valence-corrected chi connectivity index (χ4v) is 6.87. The average Bonchev–Trinajstić information content (AvgIpc) is 3.68. The third-order valence-electron chi connectivity index (χ3n) is 9.05. The number of aromatic nitrogens is 2. The molecular weight excluding hydrogens is 564 g/mol. The predicted octanol–water partition coefficient (Wildman–Crippen LogP) is 11.6. The number of fused-ring (bicyclic) bond motifs is 8. The summed E-state index contributed by atoms with van der Waals surface area (Å²) < 4.78 is 12.7. The Morgan fingerprint density at radius 2 is 1.04 bits per heavy atom. The average molecular weight is 589 g/mol. The van der Waals surface area contributed by atoms with Crippen molar-refractivity contribution in [1.29, 1.82) is 0 Å². The van der Waals surface area contributed by atoms with Gasteiger partial charge in [-0.2, -0.15) is 0 Å². The standard InChI is InChI=1S/C42H24N2O2/c1-2-10-26-21-27(18-17-25(26)9-1)34-22-29(24-39-40(34)33-13-5-8-16-37(33)46-39)42-43-35-14-6-3-12-32(35)41(44-42)28-19-20-31-30-11-4-7-15-36(30)45-38(31)23-28/h1-24H. The third-order valence-corrected chi connectivity index (χ3v) is 9.05. The Morgan fingerprint density at radius 1 is 0.391 bits per heavy atom. The van der Waals surface area contributed by atoms with Crippen LogP contribution in [0.15, 0.2) is 154 Å². The zero-order valence-electron chi connectivity index (χ0n) is 24.6. The highest BCUT2D eigenvalue weighted by atomic mass is 16.3. The number of hydrogen-bond acceptors (Lipinski definition) is 4. The first kappa shape index (κ1) is 25.1. The topological polar surface area (TPSA) is 52.1 Å². The lowest BCUT2D eigenvalue weighted by atomic mass is 9.95. The molecular formula is C42H24N2O2. The number of rotatable bonds is 3. The summed E-state index contributed by atoms with van der Waals surface area (Å²) in [6, 6.07) is 50.3. The van der Waals surface area contributed by atoms with Gasteiger partial charge >= 0.3 is 0 Å². The Hall–Kier alpha value is -6.26. The molecule has 0 spiro atoms. The zero-order chi connectivity index (χ0) is 30.2. The van der Waals surface area contributed by atoms with E-state index in [0.717, 1.165) is 82.7 Å². The molecule has 0 fully saturated rings. The Labute approximate surface area is 263 Å². The van der Waals surface area contributed by atoms with Gasteiger partial charge in [-0.1, -0.05) is 97.1 Å². The van der Waals surface area contributed by atoms with E-state index in [1.807, 2.05) is 48.5 Å². The number of nitrogens with zero attached hydrogens (tertiary/aromatic N) is 2. The minimum Gasteiger partial charge on any atom is -0.456 e. The molecule has 0 aliphatic carbocycles. The van der Waals surface area contributed by atoms with Crippen LogP contribution in [0.5, 0.6) is 0 Å². The van der Waals surface area contributed by atoms with E-state index in [0.29, 0.717) is 5.82 Å². The van der Waals surface area contributed by atoms with E-state index in [9.17, 15) is 0 Å². The Morgan fingerprint density at radius 3 is 1.93 bits per heavy atom. The molecule has 3 heterocycles. The van der Waals surface area contributed by atoms with Crippen molar-refractivity contribution < 1.29 is 8.83 Å². The lowest BCUT2D eigenvalue weighted by Gasteiger charge is -2.12. The van der Waals surface area contributed by atoms with Crippen molar-refractivity contribution in [2.75, 3.05) is 0 Å². The molecule has 0 aliphatic heterocycles. The van der Waals surface area contributed by atoms with Crippen LogP contribution in [0.3, 0.4) is 0 Å². The van der Waals surface area contributed by atoms with Gasteiger partial charge in [-0.3, -0.25) is 0 Å². The molecule has 4 nitrogen and oxygen atoms in total. The van der Waals surface area contributed by atoms with Crippen LogP contribution in [0.2, 0.25) is 0 Å². The Kier molecular flexibility index (Phi) is 5.25. The minimum absolute atomic E-state index is 0.641. The first-order chi connectivity index (χ1) is 22.8. The first-order valence-electron chi connectivity index (χ1n) is 15.4. The molecule has 0 saturated carbocycles. The molecule has 10 rings (SSSR count). The van der Waals surface area contributed by atoms with Crippen LogP contribution in [-0.4, -0.2) is 9.97 Å². The van der Waals surface area contributed by atoms with Crippen molar-refractivity contribution in [1.82, 2.24) is 9.97 Å². The molecule has 7 aromatic carbocycles. The van der Waals surface area contributed by atoms with Gasteiger partial charge < -0.3 is 8.83 Å². The van der Waals surface area contributed by atoms with E-state index >= 15 is 0 Å². The van der Waals surface area contributed by atoms with Crippen molar-refractivity contribution in [2.45, 2.75) is 0 Å². The van der Waals surface area contributed by atoms with E-state index < -0.39 is 0 Å². The van der Waals surface area contributed by atoms with E-state index in [1.54, 1.807) is 0 Å². The van der Waals surface area contributed by atoms with Gasteiger partial charge in [0.1, 0.15) is 22.3 Å². The highest BCUT2D eigenvalue weighted by Gasteiger charge is 2.19. The van der Waals surface area contributed by atoms with Gasteiger partial charge in [0.15, 0.2) is 5.82 Å². The molecule has 46 heavy (non-hydrogen) atoms. The number of hydrogen-bond donors (Lipinski definition) is 0. The summed E-state index contributed by atoms with van der Waals surface area (Å²) in [5, 5.41) is 7.76. The lowest BCUT2D eigenvalue weighted by Crippen LogP contribution is -1.96. The lowest BCUT2D eigenvalue weighted by molar-refractivity contribution is 0.668. The smallest absolute Gasteiger partial charge is 0.160 e. The van der Waals surface area contributed by atoms with Gasteiger partial charge in [-0.05, 0) is 70.4 Å². The van der Waals surface area contributed by atoms with Crippen LogP contribution in [0.1, 0.15) is 0 Å². The molecule has 0 saturated heterocycles. The second kappa shape index (κ2) is 9.62. The molecule has 3 aromatic heterocycles. The Bertz CT molecular complexity index is 2820. The van der Waals surface area contributed by atoms with E-state index in [4.69, 9.17) is 18.8 Å². The third kappa shape index (κ3) is 3.80. The highest BCUT2D eigenvalue weighted by molar-refractivity contribution is 6.14. The minimum atomic E-state index is 0.641. The van der Waals surface area contributed by atoms with Crippen LogP contribution in [0.4, 0.5) is 0 Å². The molecule has 0 radical (unpaired) electrons. The van der Waals surface area contributed by atoms with Crippen molar-refractivity contribution in [3.05, 3.63) is 146 Å². The highest BCUT2D eigenvalue weighted by Crippen LogP contribution is 2.41. The maximum atomic E-state index is 6.48. The van der Waals surface area contributed by atoms with Crippen LogP contribution in [0, 0.1) is 0 Å². The summed E-state index contributed by atoms with van der Waals surface area (Å²) in [5.41, 5.74) is 9.20. The molecule has 0 unspecified atom stereocenters. The molecule has 0 atom stereocenters. The molecule has 10 aromatic rings. The second-order valence-electron chi connectivity index (χ2n) is 11.8. The van der Waals surface area contributed by atoms with Gasteiger partial charge in [-0.25, -0.2) is 9.97 Å². The van der Waals surface area contributed by atoms with Crippen LogP contribution >= 0.6 is 0 Å². The summed E-state index contributed by atoms with van der Waals surface area (Å²) >= 11 is 0. The SMILES string of the molecule is c1ccc2cc(-c3cc(-c4nc(-c5ccc6c(c5)oc5ccccc56)c5ccccc5n4)cc4oc5ccccc5c34)ccc2c1. The van der Waals surface area contributed by atoms with Gasteiger partial charge in [0.2, 0.25) is 0 Å². The molecule has 4 heteroatoms. The molecule has 214 valence electrons. The number of furan rings is 2. The van der Waals surface area contributed by atoms with Gasteiger partial charge in [-0.15, -0.1) is 0 Å². The molecule has 0 bridgehead atoms. The van der Waals surface area contributed by atoms with Crippen LogP contribution < -0.4 is 0 Å². The summed E-state index contributed by atoms with van der Waals surface area (Å²) in [5.74, 6) is 0.641. The fraction of sp³-hybridized carbons (Fsp3) is 0. The normalized spacial score (nSPS) is 11.9. The first-order valence-corrected chi connectivity index (χ1v) is 15.4.